The van der Waals surface area contributed by atoms with Gasteiger partial charge in [0.15, 0.2) is 5.82 Å². The molecule has 1 atom stereocenters. The number of anilines is 1. The molecule has 1 aromatic carbocycles. The van der Waals surface area contributed by atoms with Crippen molar-refractivity contribution in [1.82, 2.24) is 10.4 Å². The Labute approximate surface area is 160 Å². The fourth-order valence-electron chi connectivity index (χ4n) is 2.28. The molecular weight excluding hydrogens is 392 g/mol. The van der Waals surface area contributed by atoms with Crippen molar-refractivity contribution >= 4 is 33.6 Å². The molecule has 0 spiro atoms. The van der Waals surface area contributed by atoms with Gasteiger partial charge in [-0.3, -0.25) is 19.7 Å². The first-order valence-corrected chi connectivity index (χ1v) is 10.1. The summed E-state index contributed by atoms with van der Waals surface area (Å²) in [5, 5.41) is 10.7. The highest BCUT2D eigenvalue weighted by Crippen LogP contribution is 2.34. The number of nitrogens with one attached hydrogen (secondary N) is 1. The summed E-state index contributed by atoms with van der Waals surface area (Å²) in [5.74, 6) is 0.668. The molecule has 0 bridgehead atoms. The van der Waals surface area contributed by atoms with Crippen LogP contribution in [0.1, 0.15) is 13.3 Å². The number of rotatable bonds is 7. The van der Waals surface area contributed by atoms with Crippen LogP contribution in [0.2, 0.25) is 0 Å². The fraction of sp³-hybridized carbons (Fsp3) is 0.188. The van der Waals surface area contributed by atoms with E-state index < -0.39 is 21.1 Å². The van der Waals surface area contributed by atoms with Gasteiger partial charge in [0.05, 0.1) is 14.7 Å². The van der Waals surface area contributed by atoms with Crippen molar-refractivity contribution in [3.8, 4) is 0 Å². The Morgan fingerprint density at radius 3 is 2.63 bits per heavy atom. The van der Waals surface area contributed by atoms with Crippen LogP contribution in [0.25, 0.3) is 0 Å². The predicted octanol–water partition coefficient (Wildman–Crippen LogP) is 2.99. The number of aromatic nitrogens is 1. The second-order valence-electron chi connectivity index (χ2n) is 5.45. The minimum absolute atomic E-state index is 0.135. The number of pyridine rings is 1. The molecular formula is C16H16N4O5S2. The standard InChI is InChI=1S/C16H16N4O5S2/c1-2-14(15-11-18-19(26-15)16-5-3-4-10-17-16)25-27(23,24)13-8-6-12(7-9-13)20(21)22/h3-11,14,18H,2H2,1H3. The van der Waals surface area contributed by atoms with Gasteiger partial charge in [0.1, 0.15) is 6.10 Å². The van der Waals surface area contributed by atoms with Crippen LogP contribution in [-0.4, -0.2) is 24.4 Å². The minimum Gasteiger partial charge on any atom is -0.293 e. The number of hydrazine groups is 1. The molecule has 0 radical (unpaired) electrons. The van der Waals surface area contributed by atoms with Gasteiger partial charge in [0.25, 0.3) is 15.8 Å². The molecule has 2 aromatic rings. The Balaban J connectivity index is 1.72. The van der Waals surface area contributed by atoms with Crippen molar-refractivity contribution in [2.45, 2.75) is 24.3 Å². The van der Waals surface area contributed by atoms with Crippen molar-refractivity contribution in [2.24, 2.45) is 0 Å². The smallest absolute Gasteiger partial charge is 0.293 e. The second kappa shape index (κ2) is 7.94. The summed E-state index contributed by atoms with van der Waals surface area (Å²) in [7, 11) is -4.07. The summed E-state index contributed by atoms with van der Waals surface area (Å²) < 4.78 is 32.1. The molecule has 9 nitrogen and oxygen atoms in total. The van der Waals surface area contributed by atoms with E-state index in [-0.39, 0.29) is 10.6 Å². The van der Waals surface area contributed by atoms with Gasteiger partial charge in [-0.1, -0.05) is 13.0 Å². The quantitative estimate of drug-likeness (QED) is 0.319. The third kappa shape index (κ3) is 4.38. The Bertz CT molecular complexity index is 949. The third-order valence-electron chi connectivity index (χ3n) is 3.65. The summed E-state index contributed by atoms with van der Waals surface area (Å²) in [6.45, 7) is 1.81. The zero-order valence-corrected chi connectivity index (χ0v) is 15.8. The maximum absolute atomic E-state index is 12.5. The van der Waals surface area contributed by atoms with Crippen molar-refractivity contribution < 1.29 is 17.5 Å². The van der Waals surface area contributed by atoms with E-state index in [1.807, 2.05) is 12.1 Å². The molecule has 11 heteroatoms. The Kier molecular flexibility index (Phi) is 5.63. The van der Waals surface area contributed by atoms with Gasteiger partial charge < -0.3 is 0 Å². The van der Waals surface area contributed by atoms with Crippen LogP contribution < -0.4 is 9.84 Å². The monoisotopic (exact) mass is 408 g/mol. The first-order valence-electron chi connectivity index (χ1n) is 7.94. The lowest BCUT2D eigenvalue weighted by Gasteiger charge is -2.18. The summed E-state index contributed by atoms with van der Waals surface area (Å²) in [6.07, 6.45) is 3.04. The number of benzene rings is 1. The van der Waals surface area contributed by atoms with Crippen LogP contribution in [0.4, 0.5) is 11.5 Å². The molecule has 1 aliphatic heterocycles. The van der Waals surface area contributed by atoms with E-state index in [2.05, 4.69) is 10.4 Å². The van der Waals surface area contributed by atoms with Crippen LogP contribution in [-0.2, 0) is 14.3 Å². The van der Waals surface area contributed by atoms with Gasteiger partial charge in [-0.05, 0) is 30.7 Å². The zero-order chi connectivity index (χ0) is 19.4. The normalized spacial score (nSPS) is 15.1. The van der Waals surface area contributed by atoms with E-state index in [0.717, 1.165) is 24.3 Å². The molecule has 3 rings (SSSR count). The third-order valence-corrected chi connectivity index (χ3v) is 6.05. The van der Waals surface area contributed by atoms with E-state index in [1.165, 1.54) is 11.9 Å². The van der Waals surface area contributed by atoms with E-state index in [9.17, 15) is 18.5 Å². The number of nitrogens with zero attached hydrogens (tertiary/aromatic N) is 3. The van der Waals surface area contributed by atoms with Gasteiger partial charge in [-0.15, -0.1) is 0 Å². The van der Waals surface area contributed by atoms with Crippen LogP contribution in [0.3, 0.4) is 0 Å². The lowest BCUT2D eigenvalue weighted by Crippen LogP contribution is -2.23. The molecule has 0 saturated carbocycles. The second-order valence-corrected chi connectivity index (χ2v) is 8.04. The average Bonchev–Trinajstić information content (AvgIpc) is 3.17. The van der Waals surface area contributed by atoms with Gasteiger partial charge in [-0.25, -0.2) is 9.40 Å². The zero-order valence-electron chi connectivity index (χ0n) is 14.2. The van der Waals surface area contributed by atoms with Crippen LogP contribution in [0.15, 0.2) is 64.7 Å². The molecule has 0 aliphatic carbocycles. The van der Waals surface area contributed by atoms with E-state index in [0.29, 0.717) is 17.1 Å². The molecule has 0 saturated heterocycles. The van der Waals surface area contributed by atoms with E-state index in [4.69, 9.17) is 4.18 Å². The summed E-state index contributed by atoms with van der Waals surface area (Å²) in [4.78, 5) is 14.9. The lowest BCUT2D eigenvalue weighted by atomic mass is 10.3. The van der Waals surface area contributed by atoms with Crippen LogP contribution in [0.5, 0.6) is 0 Å². The molecule has 1 N–H and O–H groups in total. The topological polar surface area (TPSA) is 115 Å². The number of nitro benzene ring substituents is 1. The van der Waals surface area contributed by atoms with Gasteiger partial charge in [-0.2, -0.15) is 8.42 Å². The van der Waals surface area contributed by atoms with Crippen LogP contribution >= 0.6 is 11.9 Å². The van der Waals surface area contributed by atoms with E-state index in [1.54, 1.807) is 29.8 Å². The highest BCUT2D eigenvalue weighted by atomic mass is 32.2. The Hall–Kier alpha value is -2.63. The first-order chi connectivity index (χ1) is 12.9. The van der Waals surface area contributed by atoms with Gasteiger partial charge >= 0.3 is 0 Å². The lowest BCUT2D eigenvalue weighted by molar-refractivity contribution is -0.384. The molecule has 0 amide bonds. The molecule has 0 fully saturated rings. The van der Waals surface area contributed by atoms with Crippen molar-refractivity contribution in [3.63, 3.8) is 0 Å². The molecule has 1 aliphatic rings. The first kappa shape index (κ1) is 19.1. The molecule has 142 valence electrons. The molecule has 1 unspecified atom stereocenters. The van der Waals surface area contributed by atoms with Crippen molar-refractivity contribution in [2.75, 3.05) is 4.41 Å². The number of nitro groups is 1. The Morgan fingerprint density at radius 2 is 2.04 bits per heavy atom. The van der Waals surface area contributed by atoms with Gasteiger partial charge in [0, 0.05) is 36.5 Å². The largest absolute Gasteiger partial charge is 0.297 e. The SMILES string of the molecule is CCC(OS(=O)(=O)c1ccc([N+](=O)[O-])cc1)C1=CNN(c2ccccn2)S1. The molecule has 2 heterocycles. The molecule has 27 heavy (non-hydrogen) atoms. The maximum atomic E-state index is 12.5. The van der Waals surface area contributed by atoms with Crippen molar-refractivity contribution in [3.05, 3.63) is 69.9 Å². The van der Waals surface area contributed by atoms with Crippen LogP contribution in [0, 0.1) is 10.1 Å². The number of hydrogen-bond donors (Lipinski definition) is 1. The average molecular weight is 408 g/mol. The summed E-state index contributed by atoms with van der Waals surface area (Å²) in [5.41, 5.74) is 2.82. The molecule has 1 aromatic heterocycles. The van der Waals surface area contributed by atoms with Gasteiger partial charge in [0.2, 0.25) is 0 Å². The fourth-order valence-corrected chi connectivity index (χ4v) is 4.42. The highest BCUT2D eigenvalue weighted by Gasteiger charge is 2.29. The van der Waals surface area contributed by atoms with Crippen molar-refractivity contribution in [1.29, 1.82) is 0 Å². The minimum atomic E-state index is -4.07. The Morgan fingerprint density at radius 1 is 1.30 bits per heavy atom. The summed E-state index contributed by atoms with van der Waals surface area (Å²) in [6, 6.07) is 10.0. The highest BCUT2D eigenvalue weighted by molar-refractivity contribution is 8.04. The summed E-state index contributed by atoms with van der Waals surface area (Å²) >= 11 is 1.28. The van der Waals surface area contributed by atoms with E-state index >= 15 is 0 Å². The predicted molar refractivity (Wildman–Crippen MR) is 101 cm³/mol. The number of hydrogen-bond acceptors (Lipinski definition) is 9. The maximum Gasteiger partial charge on any atom is 0.297 e. The number of non-ortho nitro benzene ring substituents is 1.